The van der Waals surface area contributed by atoms with Crippen molar-refractivity contribution in [2.45, 2.75) is 44.1 Å². The van der Waals surface area contributed by atoms with Crippen molar-refractivity contribution in [2.24, 2.45) is 11.1 Å². The molecular formula is C31H32ClN3O5S. The molecule has 2 unspecified atom stereocenters. The molecule has 3 aromatic rings. The Bertz CT molecular complexity index is 1450. The topological polar surface area (TPSA) is 105 Å². The maximum atomic E-state index is 13.8. The number of amides is 3. The molecule has 1 aliphatic heterocycles. The van der Waals surface area contributed by atoms with Crippen molar-refractivity contribution >= 4 is 46.8 Å². The Morgan fingerprint density at radius 3 is 2.17 bits per heavy atom. The number of halogens is 1. The van der Waals surface area contributed by atoms with Gasteiger partial charge < -0.3 is 15.0 Å². The highest BCUT2D eigenvalue weighted by Crippen LogP contribution is 2.39. The van der Waals surface area contributed by atoms with Crippen LogP contribution in [0.3, 0.4) is 0 Å². The fraction of sp³-hybridized carbons (Fsp3) is 0.323. The Kier molecular flexibility index (Phi) is 9.19. The molecule has 2 atom stereocenters. The minimum atomic E-state index is -1.43. The van der Waals surface area contributed by atoms with Crippen LogP contribution in [0.1, 0.15) is 46.8 Å². The third-order valence-corrected chi connectivity index (χ3v) is 8.28. The van der Waals surface area contributed by atoms with E-state index in [4.69, 9.17) is 16.3 Å². The van der Waals surface area contributed by atoms with E-state index in [1.807, 2.05) is 56.5 Å². The van der Waals surface area contributed by atoms with Crippen LogP contribution < -0.4 is 10.1 Å². The summed E-state index contributed by atoms with van der Waals surface area (Å²) in [5.74, 6) is -1.23. The van der Waals surface area contributed by atoms with Crippen LogP contribution in [-0.4, -0.2) is 47.6 Å². The van der Waals surface area contributed by atoms with Gasteiger partial charge in [0.05, 0.1) is 0 Å². The molecule has 0 spiro atoms. The van der Waals surface area contributed by atoms with Gasteiger partial charge in [0.2, 0.25) is 0 Å². The standard InChI is InChI=1S/C31H32ClN3O5S/c1-18-14-21(15-19(2)28(18)40-31(3,4)29(37)34-39)25-16-35(30(38)33-23-10-8-22(32)9-11-23)17-26(25)27(36)20-6-12-24(41-5)13-7-20/h6-15,25-26H,16-17H2,1-5H3,(H,33,38). The van der Waals surface area contributed by atoms with Gasteiger partial charge in [0, 0.05) is 51.3 Å². The van der Waals surface area contributed by atoms with Crippen molar-refractivity contribution in [3.05, 3.63) is 92.8 Å². The largest absolute Gasteiger partial charge is 0.477 e. The summed E-state index contributed by atoms with van der Waals surface area (Å²) in [7, 11) is 0. The predicted molar refractivity (Wildman–Crippen MR) is 162 cm³/mol. The first-order valence-corrected chi connectivity index (χ1v) is 14.7. The van der Waals surface area contributed by atoms with Crippen LogP contribution in [0.2, 0.25) is 5.02 Å². The summed E-state index contributed by atoms with van der Waals surface area (Å²) < 4.78 is 5.94. The average Bonchev–Trinajstić information content (AvgIpc) is 3.41. The number of nitrogens with zero attached hydrogens (tertiary/aromatic N) is 2. The zero-order valence-corrected chi connectivity index (χ0v) is 25.1. The Morgan fingerprint density at radius 2 is 1.61 bits per heavy atom. The first-order valence-electron chi connectivity index (χ1n) is 13.1. The van der Waals surface area contributed by atoms with Crippen LogP contribution in [0.4, 0.5) is 10.5 Å². The number of ether oxygens (including phenoxy) is 1. The van der Waals surface area contributed by atoms with Gasteiger partial charge in [-0.2, -0.15) is 0 Å². The SMILES string of the molecule is CSc1ccc(C(=O)C2CN(C(=O)Nc3ccc(Cl)cc3)CC2c2cc(C)c(OC(C)(C)C(=O)N=O)c(C)c2)cc1. The van der Waals surface area contributed by atoms with Crippen molar-refractivity contribution in [1.82, 2.24) is 4.90 Å². The number of carbonyl (C=O) groups is 3. The molecule has 0 bridgehead atoms. The quantitative estimate of drug-likeness (QED) is 0.167. The number of rotatable bonds is 8. The molecule has 0 radical (unpaired) electrons. The van der Waals surface area contributed by atoms with Gasteiger partial charge in [-0.05, 0) is 87.0 Å². The lowest BCUT2D eigenvalue weighted by atomic mass is 9.82. The number of thioether (sulfide) groups is 1. The third-order valence-electron chi connectivity index (χ3n) is 7.28. The Hall–Kier alpha value is -3.69. The van der Waals surface area contributed by atoms with Gasteiger partial charge in [-0.1, -0.05) is 35.9 Å². The lowest BCUT2D eigenvalue weighted by Crippen LogP contribution is -2.37. The van der Waals surface area contributed by atoms with Gasteiger partial charge in [-0.3, -0.25) is 9.59 Å². The van der Waals surface area contributed by atoms with Crippen molar-refractivity contribution in [3.8, 4) is 5.75 Å². The van der Waals surface area contributed by atoms with E-state index in [1.54, 1.807) is 40.9 Å². The first kappa shape index (κ1) is 30.3. The van der Waals surface area contributed by atoms with E-state index in [9.17, 15) is 19.3 Å². The lowest BCUT2D eigenvalue weighted by molar-refractivity contribution is -0.130. The van der Waals surface area contributed by atoms with E-state index in [2.05, 4.69) is 10.5 Å². The van der Waals surface area contributed by atoms with E-state index in [0.717, 1.165) is 21.6 Å². The molecule has 1 aliphatic rings. The molecule has 3 aromatic carbocycles. The monoisotopic (exact) mass is 593 g/mol. The summed E-state index contributed by atoms with van der Waals surface area (Å²) in [4.78, 5) is 52.7. The van der Waals surface area contributed by atoms with Crippen molar-refractivity contribution in [3.63, 3.8) is 0 Å². The molecule has 0 saturated carbocycles. The van der Waals surface area contributed by atoms with E-state index in [-0.39, 0.29) is 24.3 Å². The molecule has 1 N–H and O–H groups in total. The van der Waals surface area contributed by atoms with E-state index < -0.39 is 17.4 Å². The maximum absolute atomic E-state index is 13.8. The molecular weight excluding hydrogens is 562 g/mol. The molecule has 4 rings (SSSR count). The third kappa shape index (κ3) is 6.80. The number of hydrogen-bond donors (Lipinski definition) is 1. The number of urea groups is 1. The van der Waals surface area contributed by atoms with Crippen LogP contribution in [0.25, 0.3) is 0 Å². The number of nitroso groups, excluding NO2 is 1. The van der Waals surface area contributed by atoms with Crippen LogP contribution in [0.5, 0.6) is 5.75 Å². The summed E-state index contributed by atoms with van der Waals surface area (Å²) in [5, 5.41) is 5.99. The summed E-state index contributed by atoms with van der Waals surface area (Å²) in [6.45, 7) is 7.26. The van der Waals surface area contributed by atoms with Gasteiger partial charge in [0.1, 0.15) is 5.75 Å². The number of ketones is 1. The maximum Gasteiger partial charge on any atom is 0.328 e. The Labute approximate surface area is 248 Å². The minimum Gasteiger partial charge on any atom is -0.477 e. The molecule has 8 nitrogen and oxygen atoms in total. The van der Waals surface area contributed by atoms with Gasteiger partial charge >= 0.3 is 11.9 Å². The molecule has 214 valence electrons. The molecule has 10 heteroatoms. The number of hydrogen-bond acceptors (Lipinski definition) is 6. The number of anilines is 1. The highest BCUT2D eigenvalue weighted by molar-refractivity contribution is 7.98. The second-order valence-electron chi connectivity index (χ2n) is 10.6. The van der Waals surface area contributed by atoms with Gasteiger partial charge in [-0.15, -0.1) is 16.7 Å². The first-order chi connectivity index (χ1) is 19.4. The number of likely N-dealkylation sites (tertiary alicyclic amines) is 1. The van der Waals surface area contributed by atoms with Gasteiger partial charge in [-0.25, -0.2) is 4.79 Å². The van der Waals surface area contributed by atoms with Crippen molar-refractivity contribution in [2.75, 3.05) is 24.7 Å². The number of aryl methyl sites for hydroxylation is 2. The molecule has 0 aromatic heterocycles. The summed E-state index contributed by atoms with van der Waals surface area (Å²) >= 11 is 7.58. The highest BCUT2D eigenvalue weighted by Gasteiger charge is 2.41. The number of carbonyl (C=O) groups excluding carboxylic acids is 3. The van der Waals surface area contributed by atoms with Crippen LogP contribution in [0, 0.1) is 24.7 Å². The van der Waals surface area contributed by atoms with Crippen molar-refractivity contribution < 1.29 is 19.1 Å². The van der Waals surface area contributed by atoms with E-state index in [1.165, 1.54) is 13.8 Å². The zero-order valence-electron chi connectivity index (χ0n) is 23.6. The normalized spacial score (nSPS) is 16.8. The molecule has 1 saturated heterocycles. The second-order valence-corrected chi connectivity index (χ2v) is 12.0. The van der Waals surface area contributed by atoms with Crippen LogP contribution in [-0.2, 0) is 4.79 Å². The number of benzene rings is 3. The highest BCUT2D eigenvalue weighted by atomic mass is 35.5. The van der Waals surface area contributed by atoms with Crippen LogP contribution in [0.15, 0.2) is 70.7 Å². The average molecular weight is 594 g/mol. The number of nitrogens with one attached hydrogen (secondary N) is 1. The predicted octanol–water partition coefficient (Wildman–Crippen LogP) is 7.26. The van der Waals surface area contributed by atoms with Gasteiger partial charge in [0.15, 0.2) is 11.4 Å². The number of Topliss-reactive ketones (excluding diaryl/α,β-unsaturated/α-hetero) is 1. The smallest absolute Gasteiger partial charge is 0.328 e. The molecule has 3 amide bonds. The summed E-state index contributed by atoms with van der Waals surface area (Å²) in [6.07, 6.45) is 1.98. The summed E-state index contributed by atoms with van der Waals surface area (Å²) in [6, 6.07) is 17.9. The summed E-state index contributed by atoms with van der Waals surface area (Å²) in [5.41, 5.74) is 2.13. The fourth-order valence-corrected chi connectivity index (χ4v) is 5.58. The Morgan fingerprint density at radius 1 is 1.00 bits per heavy atom. The fourth-order valence-electron chi connectivity index (χ4n) is 5.05. The van der Waals surface area contributed by atoms with E-state index in [0.29, 0.717) is 28.6 Å². The molecule has 1 heterocycles. The van der Waals surface area contributed by atoms with Crippen molar-refractivity contribution in [1.29, 1.82) is 0 Å². The van der Waals surface area contributed by atoms with E-state index >= 15 is 0 Å². The molecule has 1 fully saturated rings. The zero-order chi connectivity index (χ0) is 29.9. The second kappa shape index (κ2) is 12.4. The molecule has 41 heavy (non-hydrogen) atoms. The lowest BCUT2D eigenvalue weighted by Gasteiger charge is -2.26. The molecule has 0 aliphatic carbocycles. The minimum absolute atomic E-state index is 0.0381. The van der Waals surface area contributed by atoms with Crippen LogP contribution >= 0.6 is 23.4 Å². The van der Waals surface area contributed by atoms with Gasteiger partial charge in [0.25, 0.3) is 0 Å². The Balaban J connectivity index is 1.66.